The highest BCUT2D eigenvalue weighted by Crippen LogP contribution is 2.40. The van der Waals surface area contributed by atoms with Gasteiger partial charge in [-0.15, -0.1) is 11.3 Å². The highest BCUT2D eigenvalue weighted by atomic mass is 35.5. The Bertz CT molecular complexity index is 877. The molecular weight excluding hydrogens is 396 g/mol. The number of hydrogen-bond acceptors (Lipinski definition) is 7. The van der Waals surface area contributed by atoms with Gasteiger partial charge in [0.05, 0.1) is 22.7 Å². The lowest BCUT2D eigenvalue weighted by molar-refractivity contribution is 0.0736. The number of nitrogens with zero attached hydrogens (tertiary/aromatic N) is 3. The SMILES string of the molecule is O=S(=O)(c1ccc(Cl)s1)N1C[C@H]2C[C@@H](Nc3cnccn3)[C@H](O)C[C@H]2C1. The number of fused-ring (bicyclic) bond motifs is 1. The lowest BCUT2D eigenvalue weighted by Crippen LogP contribution is -2.43. The third kappa shape index (κ3) is 3.46. The second-order valence-corrected chi connectivity index (χ2v) is 10.7. The van der Waals surface area contributed by atoms with Crippen LogP contribution in [-0.2, 0) is 10.0 Å². The molecule has 2 aromatic heterocycles. The van der Waals surface area contributed by atoms with Crippen LogP contribution in [0.15, 0.2) is 34.9 Å². The van der Waals surface area contributed by atoms with Gasteiger partial charge in [0.15, 0.2) is 0 Å². The van der Waals surface area contributed by atoms with Crippen molar-refractivity contribution >= 4 is 38.8 Å². The van der Waals surface area contributed by atoms with E-state index >= 15 is 0 Å². The summed E-state index contributed by atoms with van der Waals surface area (Å²) >= 11 is 6.97. The average molecular weight is 415 g/mol. The van der Waals surface area contributed by atoms with E-state index in [1.807, 2.05) is 0 Å². The first-order valence-corrected chi connectivity index (χ1v) is 11.0. The second-order valence-electron chi connectivity index (χ2n) is 6.78. The van der Waals surface area contributed by atoms with Crippen molar-refractivity contribution in [3.05, 3.63) is 35.1 Å². The number of rotatable bonds is 4. The van der Waals surface area contributed by atoms with E-state index in [1.54, 1.807) is 30.7 Å². The smallest absolute Gasteiger partial charge is 0.252 e. The van der Waals surface area contributed by atoms with Crippen molar-refractivity contribution < 1.29 is 13.5 Å². The van der Waals surface area contributed by atoms with Gasteiger partial charge >= 0.3 is 0 Å². The molecule has 0 amide bonds. The van der Waals surface area contributed by atoms with Crippen LogP contribution in [-0.4, -0.2) is 53.0 Å². The van der Waals surface area contributed by atoms with E-state index in [2.05, 4.69) is 15.3 Å². The predicted octanol–water partition coefficient (Wildman–Crippen LogP) is 2.06. The largest absolute Gasteiger partial charge is 0.391 e. The lowest BCUT2D eigenvalue weighted by Gasteiger charge is -2.35. The molecule has 1 saturated carbocycles. The highest BCUT2D eigenvalue weighted by Gasteiger charge is 2.45. The summed E-state index contributed by atoms with van der Waals surface area (Å²) in [7, 11) is -3.53. The molecule has 0 radical (unpaired) electrons. The number of anilines is 1. The third-order valence-corrected chi connectivity index (χ3v) is 8.68. The third-order valence-electron chi connectivity index (χ3n) is 5.15. The number of halogens is 1. The molecule has 2 aliphatic rings. The van der Waals surface area contributed by atoms with Crippen molar-refractivity contribution in [3.63, 3.8) is 0 Å². The lowest BCUT2D eigenvalue weighted by atomic mass is 9.77. The Balaban J connectivity index is 1.47. The fourth-order valence-corrected chi connectivity index (χ4v) is 7.06. The summed E-state index contributed by atoms with van der Waals surface area (Å²) in [4.78, 5) is 8.20. The van der Waals surface area contributed by atoms with Crippen LogP contribution in [0.4, 0.5) is 5.82 Å². The van der Waals surface area contributed by atoms with Gasteiger partial charge in [-0.25, -0.2) is 13.4 Å². The predicted molar refractivity (Wildman–Crippen MR) is 99.8 cm³/mol. The molecular formula is C16H19ClN4O3S2. The first-order chi connectivity index (χ1) is 12.4. The van der Waals surface area contributed by atoms with Gasteiger partial charge in [-0.2, -0.15) is 4.31 Å². The van der Waals surface area contributed by atoms with Gasteiger partial charge in [0.25, 0.3) is 10.0 Å². The van der Waals surface area contributed by atoms with Crippen LogP contribution in [0.3, 0.4) is 0 Å². The van der Waals surface area contributed by atoms with Crippen LogP contribution >= 0.6 is 22.9 Å². The minimum absolute atomic E-state index is 0.160. The minimum atomic E-state index is -3.53. The molecule has 2 fully saturated rings. The molecule has 0 spiro atoms. The number of thiophene rings is 1. The van der Waals surface area contributed by atoms with Gasteiger partial charge in [0.1, 0.15) is 10.0 Å². The van der Waals surface area contributed by atoms with Crippen LogP contribution in [0.5, 0.6) is 0 Å². The van der Waals surface area contributed by atoms with E-state index in [4.69, 9.17) is 11.6 Å². The molecule has 1 aliphatic carbocycles. The molecule has 1 saturated heterocycles. The Morgan fingerprint density at radius 2 is 2.00 bits per heavy atom. The van der Waals surface area contributed by atoms with Gasteiger partial charge in [0.2, 0.25) is 0 Å². The molecule has 2 aromatic rings. The zero-order valence-electron chi connectivity index (χ0n) is 13.8. The van der Waals surface area contributed by atoms with Crippen molar-refractivity contribution in [2.75, 3.05) is 18.4 Å². The molecule has 10 heteroatoms. The summed E-state index contributed by atoms with van der Waals surface area (Å²) in [5, 5.41) is 13.7. The Morgan fingerprint density at radius 1 is 1.23 bits per heavy atom. The van der Waals surface area contributed by atoms with Crippen LogP contribution in [0, 0.1) is 11.8 Å². The van der Waals surface area contributed by atoms with E-state index in [0.29, 0.717) is 36.1 Å². The van der Waals surface area contributed by atoms with E-state index < -0.39 is 16.1 Å². The standard InChI is InChI=1S/C16H19ClN4O3S2/c17-14-1-2-16(25-14)26(23,24)21-8-10-5-12(13(22)6-11(10)9-21)20-15-7-18-3-4-19-15/h1-4,7,10-13,22H,5-6,8-9H2,(H,19,20)/t10-,11+,12-,13-/m1/s1. The van der Waals surface area contributed by atoms with E-state index in [0.717, 1.165) is 11.3 Å². The van der Waals surface area contributed by atoms with Crippen molar-refractivity contribution in [1.82, 2.24) is 14.3 Å². The van der Waals surface area contributed by atoms with Crippen molar-refractivity contribution in [2.24, 2.45) is 11.8 Å². The molecule has 4 atom stereocenters. The number of aliphatic hydroxyl groups is 1. The second kappa shape index (κ2) is 7.05. The summed E-state index contributed by atoms with van der Waals surface area (Å²) in [6.07, 6.45) is 5.52. The Labute approximate surface area is 161 Å². The van der Waals surface area contributed by atoms with Crippen molar-refractivity contribution in [3.8, 4) is 0 Å². The van der Waals surface area contributed by atoms with Gasteiger partial charge in [-0.1, -0.05) is 11.6 Å². The van der Waals surface area contributed by atoms with Crippen LogP contribution < -0.4 is 5.32 Å². The first-order valence-electron chi connectivity index (χ1n) is 8.39. The summed E-state index contributed by atoms with van der Waals surface area (Å²) < 4.78 is 27.9. The number of nitrogens with one attached hydrogen (secondary N) is 1. The van der Waals surface area contributed by atoms with Gasteiger partial charge in [-0.05, 0) is 36.8 Å². The summed E-state index contributed by atoms with van der Waals surface area (Å²) in [6.45, 7) is 0.908. The van der Waals surface area contributed by atoms with Crippen LogP contribution in [0.2, 0.25) is 4.34 Å². The minimum Gasteiger partial charge on any atom is -0.391 e. The summed E-state index contributed by atoms with van der Waals surface area (Å²) in [5.41, 5.74) is 0. The quantitative estimate of drug-likeness (QED) is 0.795. The van der Waals surface area contributed by atoms with E-state index in [9.17, 15) is 13.5 Å². The van der Waals surface area contributed by atoms with Crippen LogP contribution in [0.25, 0.3) is 0 Å². The molecule has 4 rings (SSSR count). The zero-order chi connectivity index (χ0) is 18.3. The fraction of sp³-hybridized carbons (Fsp3) is 0.500. The zero-order valence-corrected chi connectivity index (χ0v) is 16.2. The van der Waals surface area contributed by atoms with Crippen molar-refractivity contribution in [1.29, 1.82) is 0 Å². The molecule has 7 nitrogen and oxygen atoms in total. The first kappa shape index (κ1) is 18.1. The number of hydrogen-bond donors (Lipinski definition) is 2. The maximum absolute atomic E-state index is 12.8. The maximum Gasteiger partial charge on any atom is 0.252 e. The van der Waals surface area contributed by atoms with Gasteiger partial charge < -0.3 is 10.4 Å². The molecule has 3 heterocycles. The molecule has 26 heavy (non-hydrogen) atoms. The van der Waals surface area contributed by atoms with Crippen LogP contribution in [0.1, 0.15) is 12.8 Å². The molecule has 0 aromatic carbocycles. The molecule has 0 bridgehead atoms. The molecule has 1 aliphatic heterocycles. The van der Waals surface area contributed by atoms with E-state index in [1.165, 1.54) is 4.31 Å². The number of aromatic nitrogens is 2. The topological polar surface area (TPSA) is 95.4 Å². The maximum atomic E-state index is 12.8. The van der Waals surface area contributed by atoms with Gasteiger partial charge in [-0.3, -0.25) is 4.98 Å². The Kier molecular flexibility index (Phi) is 4.91. The normalized spacial score (nSPS) is 29.5. The molecule has 140 valence electrons. The molecule has 0 unspecified atom stereocenters. The Morgan fingerprint density at radius 3 is 2.65 bits per heavy atom. The average Bonchev–Trinajstić information content (AvgIpc) is 3.23. The number of aliphatic hydroxyl groups excluding tert-OH is 1. The summed E-state index contributed by atoms with van der Waals surface area (Å²) in [5.74, 6) is 0.985. The fourth-order valence-electron chi connectivity index (χ4n) is 3.87. The van der Waals surface area contributed by atoms with Gasteiger partial charge in [0, 0.05) is 25.5 Å². The number of sulfonamides is 1. The summed E-state index contributed by atoms with van der Waals surface area (Å²) in [6, 6.07) is 3.00. The molecule has 2 N–H and O–H groups in total. The van der Waals surface area contributed by atoms with E-state index in [-0.39, 0.29) is 22.1 Å². The Hall–Kier alpha value is -1.26. The highest BCUT2D eigenvalue weighted by molar-refractivity contribution is 7.91. The van der Waals surface area contributed by atoms with Crippen molar-refractivity contribution in [2.45, 2.75) is 29.2 Å². The monoisotopic (exact) mass is 414 g/mol.